The molecule has 1 fully saturated rings. The number of thioether (sulfide) groups is 1. The Hall–Kier alpha value is -3.13. The third-order valence-electron chi connectivity index (χ3n) is 4.01. The molecule has 0 radical (unpaired) electrons. The normalized spacial score (nSPS) is 16.5. The van der Waals surface area contributed by atoms with Gasteiger partial charge in [0, 0.05) is 5.56 Å². The number of para-hydroxylation sites is 2. The van der Waals surface area contributed by atoms with Crippen molar-refractivity contribution in [3.8, 4) is 5.75 Å². The van der Waals surface area contributed by atoms with E-state index in [0.29, 0.717) is 17.3 Å². The van der Waals surface area contributed by atoms with Gasteiger partial charge in [0.05, 0.1) is 10.6 Å². The van der Waals surface area contributed by atoms with Crippen LogP contribution in [-0.2, 0) is 9.59 Å². The van der Waals surface area contributed by atoms with E-state index in [4.69, 9.17) is 4.74 Å². The van der Waals surface area contributed by atoms with Crippen molar-refractivity contribution in [2.75, 3.05) is 4.90 Å². The molecule has 0 aromatic heterocycles. The van der Waals surface area contributed by atoms with Crippen LogP contribution in [-0.4, -0.2) is 28.3 Å². The van der Waals surface area contributed by atoms with Gasteiger partial charge in [0.15, 0.2) is 6.10 Å². The summed E-state index contributed by atoms with van der Waals surface area (Å²) >= 11 is 0.680. The molecule has 0 aliphatic carbocycles. The number of aliphatic carboxylic acids is 1. The lowest BCUT2D eigenvalue weighted by Crippen LogP contribution is -2.28. The van der Waals surface area contributed by atoms with Crippen molar-refractivity contribution in [2.45, 2.75) is 19.4 Å². The van der Waals surface area contributed by atoms with Crippen molar-refractivity contribution < 1.29 is 28.6 Å². The van der Waals surface area contributed by atoms with Crippen molar-refractivity contribution in [2.24, 2.45) is 0 Å². The summed E-state index contributed by atoms with van der Waals surface area (Å²) in [5.41, 5.74) is 0.330. The SMILES string of the molecule is CCC(Oc1ccccc1/C=C1/SC(=O)N(c2ccccc2F)C1=O)C(=O)O. The van der Waals surface area contributed by atoms with Gasteiger partial charge in [-0.3, -0.25) is 9.59 Å². The van der Waals surface area contributed by atoms with Crippen LogP contribution in [0.4, 0.5) is 14.9 Å². The average molecular weight is 401 g/mol. The summed E-state index contributed by atoms with van der Waals surface area (Å²) in [7, 11) is 0. The van der Waals surface area contributed by atoms with Crippen LogP contribution in [0.3, 0.4) is 0 Å². The first-order valence-electron chi connectivity index (χ1n) is 8.43. The number of anilines is 1. The third kappa shape index (κ3) is 3.91. The van der Waals surface area contributed by atoms with E-state index >= 15 is 0 Å². The van der Waals surface area contributed by atoms with E-state index in [2.05, 4.69) is 0 Å². The van der Waals surface area contributed by atoms with Crippen LogP contribution in [0, 0.1) is 5.82 Å². The fourth-order valence-electron chi connectivity index (χ4n) is 2.62. The monoisotopic (exact) mass is 401 g/mol. The van der Waals surface area contributed by atoms with Gasteiger partial charge in [0.25, 0.3) is 11.1 Å². The summed E-state index contributed by atoms with van der Waals surface area (Å²) in [6.45, 7) is 1.68. The van der Waals surface area contributed by atoms with Crippen LogP contribution in [0.5, 0.6) is 5.75 Å². The molecule has 0 bridgehead atoms. The second-order valence-corrected chi connectivity index (χ2v) is 6.85. The highest BCUT2D eigenvalue weighted by atomic mass is 32.2. The molecule has 6 nitrogen and oxygen atoms in total. The van der Waals surface area contributed by atoms with E-state index in [1.54, 1.807) is 31.2 Å². The van der Waals surface area contributed by atoms with E-state index in [-0.39, 0.29) is 22.8 Å². The number of hydrogen-bond donors (Lipinski definition) is 1. The van der Waals surface area contributed by atoms with Gasteiger partial charge in [-0.05, 0) is 42.5 Å². The van der Waals surface area contributed by atoms with Gasteiger partial charge in [-0.15, -0.1) is 0 Å². The van der Waals surface area contributed by atoms with Crippen LogP contribution in [0.25, 0.3) is 6.08 Å². The molecular formula is C20H16FNO5S. The second-order valence-electron chi connectivity index (χ2n) is 5.86. The maximum absolute atomic E-state index is 14.0. The van der Waals surface area contributed by atoms with Crippen LogP contribution >= 0.6 is 11.8 Å². The Balaban J connectivity index is 1.93. The quantitative estimate of drug-likeness (QED) is 0.726. The summed E-state index contributed by atoms with van der Waals surface area (Å²) in [6.07, 6.45) is 0.659. The highest BCUT2D eigenvalue weighted by molar-refractivity contribution is 8.19. The number of amides is 2. The number of carbonyl (C=O) groups excluding carboxylic acids is 2. The molecule has 0 saturated carbocycles. The molecular weight excluding hydrogens is 385 g/mol. The van der Waals surface area contributed by atoms with Crippen molar-refractivity contribution in [3.05, 3.63) is 64.8 Å². The lowest BCUT2D eigenvalue weighted by molar-refractivity contribution is -0.145. The molecule has 1 aliphatic heterocycles. The molecule has 28 heavy (non-hydrogen) atoms. The maximum atomic E-state index is 14.0. The first-order chi connectivity index (χ1) is 13.4. The van der Waals surface area contributed by atoms with Gasteiger partial charge in [0.2, 0.25) is 0 Å². The Kier molecular flexibility index (Phi) is 5.79. The van der Waals surface area contributed by atoms with Gasteiger partial charge in [-0.1, -0.05) is 37.3 Å². The van der Waals surface area contributed by atoms with Crippen molar-refractivity contribution >= 4 is 40.6 Å². The van der Waals surface area contributed by atoms with E-state index in [0.717, 1.165) is 4.90 Å². The second kappa shape index (κ2) is 8.26. The highest BCUT2D eigenvalue weighted by Gasteiger charge is 2.37. The molecule has 2 amide bonds. The number of rotatable bonds is 6. The fourth-order valence-corrected chi connectivity index (χ4v) is 3.44. The Bertz CT molecular complexity index is 975. The number of ether oxygens (including phenoxy) is 1. The van der Waals surface area contributed by atoms with Crippen molar-refractivity contribution in [1.29, 1.82) is 0 Å². The van der Waals surface area contributed by atoms with Gasteiger partial charge in [0.1, 0.15) is 11.6 Å². The Morgan fingerprint density at radius 3 is 2.57 bits per heavy atom. The van der Waals surface area contributed by atoms with Crippen LogP contribution < -0.4 is 9.64 Å². The molecule has 1 N–H and O–H groups in total. The topological polar surface area (TPSA) is 83.9 Å². The Morgan fingerprint density at radius 1 is 1.21 bits per heavy atom. The van der Waals surface area contributed by atoms with Gasteiger partial charge in [-0.2, -0.15) is 0 Å². The molecule has 1 atom stereocenters. The standard InChI is InChI=1S/C20H16FNO5S/c1-2-15(19(24)25)27-16-10-6-3-7-12(16)11-17-18(23)22(20(26)28-17)14-9-5-4-8-13(14)21/h3-11,15H,2H2,1H3,(H,24,25)/b17-11+. The first-order valence-corrected chi connectivity index (χ1v) is 9.25. The number of imide groups is 1. The smallest absolute Gasteiger partial charge is 0.344 e. The molecule has 1 aliphatic rings. The van der Waals surface area contributed by atoms with Crippen LogP contribution in [0.15, 0.2) is 53.4 Å². The zero-order chi connectivity index (χ0) is 20.3. The van der Waals surface area contributed by atoms with Crippen molar-refractivity contribution in [3.63, 3.8) is 0 Å². The lowest BCUT2D eigenvalue weighted by Gasteiger charge is -2.15. The van der Waals surface area contributed by atoms with E-state index in [1.807, 2.05) is 0 Å². The number of halogens is 1. The number of carboxylic acids is 1. The molecule has 0 spiro atoms. The van der Waals surface area contributed by atoms with Gasteiger partial charge >= 0.3 is 5.97 Å². The Morgan fingerprint density at radius 2 is 1.89 bits per heavy atom. The predicted molar refractivity (Wildman–Crippen MR) is 104 cm³/mol. The summed E-state index contributed by atoms with van der Waals surface area (Å²) in [4.78, 5) is 37.1. The van der Waals surface area contributed by atoms with E-state index in [9.17, 15) is 23.9 Å². The minimum absolute atomic E-state index is 0.0904. The molecule has 8 heteroatoms. The predicted octanol–water partition coefficient (Wildman–Crippen LogP) is 4.31. The minimum atomic E-state index is -1.10. The summed E-state index contributed by atoms with van der Waals surface area (Å²) in [5.74, 6) is -2.16. The summed E-state index contributed by atoms with van der Waals surface area (Å²) < 4.78 is 19.5. The van der Waals surface area contributed by atoms with Gasteiger partial charge in [-0.25, -0.2) is 14.1 Å². The number of nitrogens with zero attached hydrogens (tertiary/aromatic N) is 1. The molecule has 2 aromatic rings. The molecule has 1 heterocycles. The summed E-state index contributed by atoms with van der Waals surface area (Å²) in [6, 6.07) is 12.1. The maximum Gasteiger partial charge on any atom is 0.344 e. The molecule has 3 rings (SSSR count). The highest BCUT2D eigenvalue weighted by Crippen LogP contribution is 2.37. The molecule has 1 unspecified atom stereocenters. The van der Waals surface area contributed by atoms with E-state index in [1.165, 1.54) is 30.3 Å². The van der Waals surface area contributed by atoms with Crippen LogP contribution in [0.1, 0.15) is 18.9 Å². The van der Waals surface area contributed by atoms with Crippen LogP contribution in [0.2, 0.25) is 0 Å². The van der Waals surface area contributed by atoms with E-state index < -0.39 is 29.0 Å². The van der Waals surface area contributed by atoms with Gasteiger partial charge < -0.3 is 9.84 Å². The summed E-state index contributed by atoms with van der Waals surface area (Å²) in [5, 5.41) is 8.57. The first kappa shape index (κ1) is 19.6. The fraction of sp³-hybridized carbons (Fsp3) is 0.150. The average Bonchev–Trinajstić information content (AvgIpc) is 2.94. The largest absolute Gasteiger partial charge is 0.479 e. The number of carboxylic acid groups (broad SMARTS) is 1. The molecule has 2 aromatic carbocycles. The number of carbonyl (C=O) groups is 3. The number of benzene rings is 2. The molecule has 1 saturated heterocycles. The Labute approximate surface area is 164 Å². The van der Waals surface area contributed by atoms with Crippen molar-refractivity contribution in [1.82, 2.24) is 0 Å². The molecule has 144 valence electrons. The minimum Gasteiger partial charge on any atom is -0.479 e. The zero-order valence-corrected chi connectivity index (χ0v) is 15.6. The lowest BCUT2D eigenvalue weighted by atomic mass is 10.1. The third-order valence-corrected chi connectivity index (χ3v) is 4.88. The zero-order valence-electron chi connectivity index (χ0n) is 14.8. The number of hydrogen-bond acceptors (Lipinski definition) is 5.